The van der Waals surface area contributed by atoms with Crippen molar-refractivity contribution in [2.45, 2.75) is 17.1 Å². The molecule has 2 N–H and O–H groups in total. The summed E-state index contributed by atoms with van der Waals surface area (Å²) >= 11 is 19.5. The van der Waals surface area contributed by atoms with Crippen LogP contribution in [0.2, 0.25) is 15.1 Å². The van der Waals surface area contributed by atoms with Crippen LogP contribution >= 0.6 is 46.6 Å². The number of hydrogen-bond donors (Lipinski definition) is 2. The third kappa shape index (κ3) is 6.51. The van der Waals surface area contributed by atoms with Gasteiger partial charge < -0.3 is 20.1 Å². The number of halogens is 3. The van der Waals surface area contributed by atoms with E-state index in [0.29, 0.717) is 38.5 Å². The molecule has 0 aliphatic carbocycles. The lowest BCUT2D eigenvalue weighted by molar-refractivity contribution is -0.115. The number of amides is 2. The van der Waals surface area contributed by atoms with Gasteiger partial charge in [0.05, 0.1) is 40.8 Å². The quantitative estimate of drug-likeness (QED) is 0.300. The lowest BCUT2D eigenvalue weighted by atomic mass is 10.2. The maximum Gasteiger partial charge on any atom is 0.257 e. The van der Waals surface area contributed by atoms with Crippen LogP contribution in [0.15, 0.2) is 59.5 Å². The molecule has 0 aliphatic heterocycles. The topological polar surface area (TPSA) is 76.7 Å². The first-order valence-electron chi connectivity index (χ1n) is 9.97. The summed E-state index contributed by atoms with van der Waals surface area (Å²) < 4.78 is 10.5. The molecule has 1 unspecified atom stereocenters. The molecule has 0 heterocycles. The molecule has 0 spiro atoms. The predicted octanol–water partition coefficient (Wildman–Crippen LogP) is 7.04. The summed E-state index contributed by atoms with van der Waals surface area (Å²) in [6, 6.07) is 15.0. The van der Waals surface area contributed by atoms with Gasteiger partial charge in [-0.1, -0.05) is 40.9 Å². The SMILES string of the molecule is COc1cc(OC)c(NC(=O)C(C)Sc2cccc(NC(=O)c3ccc(Cl)cc3Cl)c2)cc1Cl. The number of thioether (sulfide) groups is 1. The van der Waals surface area contributed by atoms with E-state index in [1.165, 1.54) is 32.0 Å². The van der Waals surface area contributed by atoms with Gasteiger partial charge in [0, 0.05) is 21.7 Å². The van der Waals surface area contributed by atoms with Crippen LogP contribution in [-0.4, -0.2) is 31.3 Å². The van der Waals surface area contributed by atoms with Crippen LogP contribution in [0, 0.1) is 0 Å². The number of ether oxygens (including phenoxy) is 2. The summed E-state index contributed by atoms with van der Waals surface area (Å²) in [5, 5.41) is 6.24. The number of carbonyl (C=O) groups excluding carboxylic acids is 2. The Morgan fingerprint density at radius 1 is 0.882 bits per heavy atom. The second-order valence-electron chi connectivity index (χ2n) is 7.04. The number of anilines is 2. The maximum atomic E-state index is 12.8. The monoisotopic (exact) mass is 538 g/mol. The molecule has 0 saturated carbocycles. The van der Waals surface area contributed by atoms with Crippen LogP contribution in [0.3, 0.4) is 0 Å². The summed E-state index contributed by atoms with van der Waals surface area (Å²) in [6.45, 7) is 1.77. The lowest BCUT2D eigenvalue weighted by Gasteiger charge is -2.16. The Morgan fingerprint density at radius 2 is 1.62 bits per heavy atom. The zero-order valence-electron chi connectivity index (χ0n) is 18.4. The van der Waals surface area contributed by atoms with Crippen LogP contribution in [0.5, 0.6) is 11.5 Å². The van der Waals surface area contributed by atoms with Crippen LogP contribution in [0.4, 0.5) is 11.4 Å². The minimum Gasteiger partial charge on any atom is -0.495 e. The van der Waals surface area contributed by atoms with Crippen LogP contribution in [0.1, 0.15) is 17.3 Å². The largest absolute Gasteiger partial charge is 0.495 e. The van der Waals surface area contributed by atoms with Gasteiger partial charge in [0.2, 0.25) is 5.91 Å². The molecule has 6 nitrogen and oxygen atoms in total. The second kappa shape index (κ2) is 11.7. The number of methoxy groups -OCH3 is 2. The number of hydrogen-bond acceptors (Lipinski definition) is 5. The highest BCUT2D eigenvalue weighted by atomic mass is 35.5. The van der Waals surface area contributed by atoms with Crippen molar-refractivity contribution in [2.75, 3.05) is 24.9 Å². The molecule has 0 radical (unpaired) electrons. The van der Waals surface area contributed by atoms with E-state index in [1.807, 2.05) is 6.07 Å². The molecule has 3 aromatic carbocycles. The molecule has 3 aromatic rings. The molecule has 178 valence electrons. The molecule has 0 aliphatic rings. The van der Waals surface area contributed by atoms with Crippen molar-refractivity contribution in [3.63, 3.8) is 0 Å². The fraction of sp³-hybridized carbons (Fsp3) is 0.167. The number of rotatable bonds is 8. The van der Waals surface area contributed by atoms with Gasteiger partial charge in [-0.15, -0.1) is 11.8 Å². The van der Waals surface area contributed by atoms with E-state index in [9.17, 15) is 9.59 Å². The highest BCUT2D eigenvalue weighted by molar-refractivity contribution is 8.00. The summed E-state index contributed by atoms with van der Waals surface area (Å²) in [6.07, 6.45) is 0. The van der Waals surface area contributed by atoms with Crippen molar-refractivity contribution < 1.29 is 19.1 Å². The summed E-state index contributed by atoms with van der Waals surface area (Å²) in [5.74, 6) is 0.264. The Labute approximate surface area is 216 Å². The smallest absolute Gasteiger partial charge is 0.257 e. The first-order chi connectivity index (χ1) is 16.2. The molecular weight excluding hydrogens is 519 g/mol. The molecule has 3 rings (SSSR count). The van der Waals surface area contributed by atoms with Gasteiger partial charge in [-0.3, -0.25) is 9.59 Å². The van der Waals surface area contributed by atoms with Gasteiger partial charge in [-0.05, 0) is 49.4 Å². The maximum absolute atomic E-state index is 12.8. The Balaban J connectivity index is 1.68. The van der Waals surface area contributed by atoms with Gasteiger partial charge in [0.25, 0.3) is 5.91 Å². The Bertz CT molecular complexity index is 1220. The molecule has 10 heteroatoms. The zero-order valence-corrected chi connectivity index (χ0v) is 21.5. The molecule has 34 heavy (non-hydrogen) atoms. The molecule has 2 amide bonds. The molecule has 0 saturated heterocycles. The Kier molecular flexibility index (Phi) is 8.97. The first-order valence-corrected chi connectivity index (χ1v) is 12.0. The molecular formula is C24H21Cl3N2O4S. The fourth-order valence-electron chi connectivity index (χ4n) is 2.97. The lowest BCUT2D eigenvalue weighted by Crippen LogP contribution is -2.22. The second-order valence-corrected chi connectivity index (χ2v) is 9.71. The summed E-state index contributed by atoms with van der Waals surface area (Å²) in [4.78, 5) is 26.2. The Hall–Kier alpha value is -2.58. The van der Waals surface area contributed by atoms with Gasteiger partial charge in [0.15, 0.2) is 0 Å². The summed E-state index contributed by atoms with van der Waals surface area (Å²) in [5.41, 5.74) is 1.31. The Morgan fingerprint density at radius 3 is 2.29 bits per heavy atom. The van der Waals surface area contributed by atoms with Gasteiger partial charge in [0.1, 0.15) is 11.5 Å². The van der Waals surface area contributed by atoms with Crippen LogP contribution < -0.4 is 20.1 Å². The highest BCUT2D eigenvalue weighted by Crippen LogP contribution is 2.36. The van der Waals surface area contributed by atoms with Crippen molar-refractivity contribution in [1.82, 2.24) is 0 Å². The molecule has 0 bridgehead atoms. The van der Waals surface area contributed by atoms with Crippen molar-refractivity contribution in [3.8, 4) is 11.5 Å². The minimum absolute atomic E-state index is 0.244. The first kappa shape index (κ1) is 26.0. The normalized spacial score (nSPS) is 11.5. The van der Waals surface area contributed by atoms with Gasteiger partial charge in [-0.2, -0.15) is 0 Å². The van der Waals surface area contributed by atoms with Crippen LogP contribution in [0.25, 0.3) is 0 Å². The van der Waals surface area contributed by atoms with E-state index >= 15 is 0 Å². The van der Waals surface area contributed by atoms with E-state index in [2.05, 4.69) is 10.6 Å². The minimum atomic E-state index is -0.456. The van der Waals surface area contributed by atoms with Gasteiger partial charge in [-0.25, -0.2) is 0 Å². The number of benzene rings is 3. The third-order valence-electron chi connectivity index (χ3n) is 4.68. The standard InChI is InChI=1S/C24H21Cl3N2O4S/c1-13(23(30)29-20-11-19(27)21(32-2)12-22(20)33-3)34-16-6-4-5-15(10-16)28-24(31)17-8-7-14(25)9-18(17)26/h4-13H,1-3H3,(H,28,31)(H,29,30). The molecule has 0 fully saturated rings. The van der Waals surface area contributed by atoms with Crippen molar-refractivity contribution >= 4 is 69.8 Å². The zero-order chi connectivity index (χ0) is 24.8. The van der Waals surface area contributed by atoms with Crippen LogP contribution in [-0.2, 0) is 4.79 Å². The third-order valence-corrected chi connectivity index (χ3v) is 6.62. The van der Waals surface area contributed by atoms with E-state index in [0.717, 1.165) is 4.90 Å². The summed E-state index contributed by atoms with van der Waals surface area (Å²) in [7, 11) is 2.99. The van der Waals surface area contributed by atoms with E-state index < -0.39 is 5.25 Å². The number of carbonyl (C=O) groups is 2. The van der Waals surface area contributed by atoms with E-state index in [4.69, 9.17) is 44.3 Å². The average molecular weight is 540 g/mol. The van der Waals surface area contributed by atoms with Crippen molar-refractivity contribution in [1.29, 1.82) is 0 Å². The van der Waals surface area contributed by atoms with Crippen molar-refractivity contribution in [3.05, 3.63) is 75.2 Å². The highest BCUT2D eigenvalue weighted by Gasteiger charge is 2.19. The van der Waals surface area contributed by atoms with Gasteiger partial charge >= 0.3 is 0 Å². The van der Waals surface area contributed by atoms with Crippen molar-refractivity contribution in [2.24, 2.45) is 0 Å². The molecule has 0 aromatic heterocycles. The number of nitrogens with one attached hydrogen (secondary N) is 2. The fourth-order valence-corrected chi connectivity index (χ4v) is 4.63. The predicted molar refractivity (Wildman–Crippen MR) is 139 cm³/mol. The van der Waals surface area contributed by atoms with E-state index in [-0.39, 0.29) is 16.8 Å². The van der Waals surface area contributed by atoms with E-state index in [1.54, 1.807) is 49.4 Å². The average Bonchev–Trinajstić information content (AvgIpc) is 2.79. The molecule has 1 atom stereocenters.